The number of likely N-dealkylation sites (N-methyl/N-ethyl adjacent to an activating group) is 1. The van der Waals surface area contributed by atoms with Gasteiger partial charge in [0.1, 0.15) is 6.29 Å². The summed E-state index contributed by atoms with van der Waals surface area (Å²) in [6, 6.07) is 7.37. The van der Waals surface area contributed by atoms with Gasteiger partial charge in [-0.3, -0.25) is 4.79 Å². The third-order valence-electron chi connectivity index (χ3n) is 2.48. The second-order valence-electron chi connectivity index (χ2n) is 3.69. The molecule has 0 spiro atoms. The molecule has 4 heteroatoms. The molecule has 0 aromatic heterocycles. The van der Waals surface area contributed by atoms with Gasteiger partial charge in [0.15, 0.2) is 0 Å². The lowest BCUT2D eigenvalue weighted by atomic mass is 10.1. The molecule has 1 aromatic carbocycles. The second-order valence-corrected chi connectivity index (χ2v) is 3.69. The topological polar surface area (TPSA) is 46.6 Å². The fraction of sp³-hybridized carbons (Fsp3) is 0.385. The molecular weight excluding hydrogens is 218 g/mol. The number of carbonyl (C=O) groups is 2. The number of hydrogen-bond acceptors (Lipinski definition) is 3. The summed E-state index contributed by atoms with van der Waals surface area (Å²) in [7, 11) is 1.68. The first kappa shape index (κ1) is 13.2. The van der Waals surface area contributed by atoms with Gasteiger partial charge in [-0.15, -0.1) is 0 Å². The molecule has 0 aliphatic heterocycles. The minimum Gasteiger partial charge on any atom is -0.450 e. The van der Waals surface area contributed by atoms with Gasteiger partial charge < -0.3 is 9.64 Å². The summed E-state index contributed by atoms with van der Waals surface area (Å²) in [5.41, 5.74) is 1.61. The van der Waals surface area contributed by atoms with E-state index in [1.165, 1.54) is 4.90 Å². The monoisotopic (exact) mass is 235 g/mol. The maximum atomic E-state index is 11.4. The number of carbonyl (C=O) groups excluding carboxylic acids is 2. The fourth-order valence-corrected chi connectivity index (χ4v) is 1.49. The van der Waals surface area contributed by atoms with Gasteiger partial charge in [-0.25, -0.2) is 4.79 Å². The molecule has 0 bridgehead atoms. The first-order valence-electron chi connectivity index (χ1n) is 5.60. The van der Waals surface area contributed by atoms with Crippen LogP contribution >= 0.6 is 0 Å². The number of ether oxygens (including phenoxy) is 1. The van der Waals surface area contributed by atoms with Gasteiger partial charge in [0, 0.05) is 19.2 Å². The van der Waals surface area contributed by atoms with Crippen molar-refractivity contribution in [1.29, 1.82) is 0 Å². The maximum absolute atomic E-state index is 11.4. The third-order valence-corrected chi connectivity index (χ3v) is 2.48. The molecule has 1 aromatic rings. The Morgan fingerprint density at radius 1 is 1.41 bits per heavy atom. The molecule has 17 heavy (non-hydrogen) atoms. The van der Waals surface area contributed by atoms with Gasteiger partial charge in [-0.05, 0) is 18.9 Å². The summed E-state index contributed by atoms with van der Waals surface area (Å²) in [6.07, 6.45) is 1.14. The van der Waals surface area contributed by atoms with E-state index in [0.717, 1.165) is 11.8 Å². The van der Waals surface area contributed by atoms with Crippen LogP contribution in [0.1, 0.15) is 22.8 Å². The minimum atomic E-state index is -0.337. The molecular formula is C13H17NO3. The fourth-order valence-electron chi connectivity index (χ4n) is 1.49. The van der Waals surface area contributed by atoms with Crippen LogP contribution in [0.4, 0.5) is 4.79 Å². The lowest BCUT2D eigenvalue weighted by molar-refractivity contribution is 0.112. The second kappa shape index (κ2) is 6.68. The largest absolute Gasteiger partial charge is 0.450 e. The van der Waals surface area contributed by atoms with Gasteiger partial charge in [0.2, 0.25) is 0 Å². The Kier molecular flexibility index (Phi) is 5.20. The zero-order valence-corrected chi connectivity index (χ0v) is 10.2. The van der Waals surface area contributed by atoms with E-state index in [4.69, 9.17) is 4.74 Å². The van der Waals surface area contributed by atoms with Crippen LogP contribution < -0.4 is 0 Å². The van der Waals surface area contributed by atoms with Crippen LogP contribution in [0.15, 0.2) is 24.3 Å². The van der Waals surface area contributed by atoms with Crippen LogP contribution in [0.3, 0.4) is 0 Å². The van der Waals surface area contributed by atoms with E-state index in [0.29, 0.717) is 25.1 Å². The number of aldehydes is 1. The molecule has 0 saturated heterocycles. The summed E-state index contributed by atoms with van der Waals surface area (Å²) in [6.45, 7) is 2.67. The van der Waals surface area contributed by atoms with Crippen LogP contribution in [0.25, 0.3) is 0 Å². The molecule has 4 nitrogen and oxygen atoms in total. The van der Waals surface area contributed by atoms with E-state index < -0.39 is 0 Å². The van der Waals surface area contributed by atoms with Gasteiger partial charge in [-0.2, -0.15) is 0 Å². The van der Waals surface area contributed by atoms with E-state index in [1.807, 2.05) is 18.2 Å². The Hall–Kier alpha value is -1.84. The van der Waals surface area contributed by atoms with Gasteiger partial charge in [-0.1, -0.05) is 24.3 Å². The number of hydrogen-bond donors (Lipinski definition) is 0. The van der Waals surface area contributed by atoms with Crippen LogP contribution in [-0.4, -0.2) is 37.5 Å². The van der Waals surface area contributed by atoms with E-state index >= 15 is 0 Å². The summed E-state index contributed by atoms with van der Waals surface area (Å²) >= 11 is 0. The van der Waals surface area contributed by atoms with Crippen molar-refractivity contribution in [3.8, 4) is 0 Å². The van der Waals surface area contributed by atoms with Gasteiger partial charge in [0.25, 0.3) is 0 Å². The Labute approximate surface area is 101 Å². The van der Waals surface area contributed by atoms with Gasteiger partial charge >= 0.3 is 6.09 Å². The highest BCUT2D eigenvalue weighted by atomic mass is 16.5. The van der Waals surface area contributed by atoms with Crippen LogP contribution in [0.2, 0.25) is 0 Å². The molecule has 0 unspecified atom stereocenters. The first-order valence-corrected chi connectivity index (χ1v) is 5.60. The Balaban J connectivity index is 2.55. The van der Waals surface area contributed by atoms with Crippen molar-refractivity contribution in [2.24, 2.45) is 0 Å². The summed E-state index contributed by atoms with van der Waals surface area (Å²) < 4.78 is 4.87. The van der Waals surface area contributed by atoms with E-state index in [1.54, 1.807) is 20.0 Å². The molecule has 0 fully saturated rings. The summed E-state index contributed by atoms with van der Waals surface area (Å²) in [5.74, 6) is 0. The molecule has 0 aliphatic rings. The van der Waals surface area contributed by atoms with Crippen molar-refractivity contribution in [2.45, 2.75) is 13.3 Å². The average Bonchev–Trinajstić information content (AvgIpc) is 2.36. The van der Waals surface area contributed by atoms with Crippen molar-refractivity contribution in [1.82, 2.24) is 4.90 Å². The van der Waals surface area contributed by atoms with Gasteiger partial charge in [0.05, 0.1) is 6.61 Å². The average molecular weight is 235 g/mol. The Morgan fingerprint density at radius 2 is 2.12 bits per heavy atom. The van der Waals surface area contributed by atoms with Crippen molar-refractivity contribution in [3.05, 3.63) is 35.4 Å². The minimum absolute atomic E-state index is 0.337. The predicted octanol–water partition coefficient (Wildman–Crippen LogP) is 2.13. The molecule has 1 amide bonds. The van der Waals surface area contributed by atoms with Crippen LogP contribution in [0, 0.1) is 0 Å². The lowest BCUT2D eigenvalue weighted by Gasteiger charge is -2.16. The summed E-state index contributed by atoms with van der Waals surface area (Å²) in [5, 5.41) is 0. The van der Waals surface area contributed by atoms with E-state index in [-0.39, 0.29) is 6.09 Å². The molecule has 92 valence electrons. The zero-order valence-electron chi connectivity index (χ0n) is 10.2. The molecule has 0 atom stereocenters. The maximum Gasteiger partial charge on any atom is 0.409 e. The number of nitrogens with zero attached hydrogens (tertiary/aromatic N) is 1. The van der Waals surface area contributed by atoms with E-state index in [2.05, 4.69) is 0 Å². The third kappa shape index (κ3) is 3.90. The number of rotatable bonds is 5. The highest BCUT2D eigenvalue weighted by Crippen LogP contribution is 2.07. The first-order chi connectivity index (χ1) is 8.19. The highest BCUT2D eigenvalue weighted by Gasteiger charge is 2.09. The molecule has 0 heterocycles. The normalized spacial score (nSPS) is 9.76. The quantitative estimate of drug-likeness (QED) is 0.734. The van der Waals surface area contributed by atoms with Crippen LogP contribution in [-0.2, 0) is 11.2 Å². The number of benzene rings is 1. The Bertz CT molecular complexity index is 390. The molecule has 0 radical (unpaired) electrons. The SMILES string of the molecule is CCOC(=O)N(C)CCc1ccccc1C=O. The molecule has 1 rings (SSSR count). The predicted molar refractivity (Wildman–Crippen MR) is 65.2 cm³/mol. The molecule has 0 aliphatic carbocycles. The zero-order chi connectivity index (χ0) is 12.7. The lowest BCUT2D eigenvalue weighted by Crippen LogP contribution is -2.29. The highest BCUT2D eigenvalue weighted by molar-refractivity contribution is 5.77. The van der Waals surface area contributed by atoms with Crippen molar-refractivity contribution in [2.75, 3.05) is 20.2 Å². The van der Waals surface area contributed by atoms with Crippen molar-refractivity contribution < 1.29 is 14.3 Å². The molecule has 0 N–H and O–H groups in total. The van der Waals surface area contributed by atoms with Crippen LogP contribution in [0.5, 0.6) is 0 Å². The summed E-state index contributed by atoms with van der Waals surface area (Å²) in [4.78, 5) is 23.7. The van der Waals surface area contributed by atoms with Crippen molar-refractivity contribution >= 4 is 12.4 Å². The Morgan fingerprint density at radius 3 is 2.76 bits per heavy atom. The van der Waals surface area contributed by atoms with Crippen molar-refractivity contribution in [3.63, 3.8) is 0 Å². The van der Waals surface area contributed by atoms with E-state index in [9.17, 15) is 9.59 Å². The molecule has 0 saturated carbocycles. The number of amides is 1. The standard InChI is InChI=1S/C13H17NO3/c1-3-17-13(16)14(2)9-8-11-6-4-5-7-12(11)10-15/h4-7,10H,3,8-9H2,1-2H3. The smallest absolute Gasteiger partial charge is 0.409 e.